The maximum Gasteiger partial charge on any atom is 0.190 e. The van der Waals surface area contributed by atoms with Gasteiger partial charge in [0.2, 0.25) is 0 Å². The SMILES string of the molecule is O=c1cc[nH]c2cc(Br)c(Cl)c(Cl)c12. The minimum atomic E-state index is -0.141. The molecule has 0 aliphatic carbocycles. The van der Waals surface area contributed by atoms with Crippen LogP contribution in [0.15, 0.2) is 27.6 Å². The van der Waals surface area contributed by atoms with Gasteiger partial charge in [-0.3, -0.25) is 4.79 Å². The smallest absolute Gasteiger partial charge is 0.190 e. The Morgan fingerprint density at radius 2 is 2.00 bits per heavy atom. The lowest BCUT2D eigenvalue weighted by molar-refractivity contribution is 1.39. The molecule has 5 heteroatoms. The summed E-state index contributed by atoms with van der Waals surface area (Å²) in [5.41, 5.74) is 0.525. The maximum absolute atomic E-state index is 11.5. The molecule has 0 bridgehead atoms. The van der Waals surface area contributed by atoms with E-state index < -0.39 is 0 Å². The first-order chi connectivity index (χ1) is 6.61. The van der Waals surface area contributed by atoms with Crippen molar-refractivity contribution in [2.45, 2.75) is 0 Å². The zero-order valence-electron chi connectivity index (χ0n) is 6.77. The molecule has 0 fully saturated rings. The summed E-state index contributed by atoms with van der Waals surface area (Å²) in [6.45, 7) is 0. The Hall–Kier alpha value is -0.510. The lowest BCUT2D eigenvalue weighted by Crippen LogP contribution is -2.01. The largest absolute Gasteiger partial charge is 0.361 e. The van der Waals surface area contributed by atoms with Crippen LogP contribution in [0.2, 0.25) is 10.0 Å². The summed E-state index contributed by atoms with van der Waals surface area (Å²) in [4.78, 5) is 14.4. The number of hydrogen-bond donors (Lipinski definition) is 1. The van der Waals surface area contributed by atoms with E-state index in [1.54, 1.807) is 12.3 Å². The normalized spacial score (nSPS) is 10.8. The van der Waals surface area contributed by atoms with Crippen LogP contribution >= 0.6 is 39.1 Å². The van der Waals surface area contributed by atoms with E-state index in [1.165, 1.54) is 6.07 Å². The van der Waals surface area contributed by atoms with E-state index in [2.05, 4.69) is 20.9 Å². The summed E-state index contributed by atoms with van der Waals surface area (Å²) >= 11 is 15.1. The van der Waals surface area contributed by atoms with Gasteiger partial charge in [-0.25, -0.2) is 0 Å². The molecule has 0 saturated heterocycles. The molecule has 1 aromatic carbocycles. The highest BCUT2D eigenvalue weighted by Gasteiger charge is 2.10. The van der Waals surface area contributed by atoms with Gasteiger partial charge in [0.15, 0.2) is 5.43 Å². The molecule has 2 aromatic rings. The standard InChI is InChI=1S/C9H4BrCl2NO/c10-4-3-5-7(9(12)8(4)11)6(14)1-2-13-5/h1-3H,(H,13,14). The molecule has 0 radical (unpaired) electrons. The Labute approximate surface area is 98.0 Å². The molecule has 0 atom stereocenters. The number of aromatic amines is 1. The molecule has 72 valence electrons. The molecule has 2 nitrogen and oxygen atoms in total. The quantitative estimate of drug-likeness (QED) is 0.740. The lowest BCUT2D eigenvalue weighted by Gasteiger charge is -2.03. The first kappa shape index (κ1) is 10.0. The number of nitrogens with one attached hydrogen (secondary N) is 1. The highest BCUT2D eigenvalue weighted by atomic mass is 79.9. The second-order valence-corrected chi connectivity index (χ2v) is 4.36. The molecule has 0 spiro atoms. The highest BCUT2D eigenvalue weighted by Crippen LogP contribution is 2.34. The van der Waals surface area contributed by atoms with Crippen molar-refractivity contribution in [1.82, 2.24) is 4.98 Å². The number of aromatic nitrogens is 1. The van der Waals surface area contributed by atoms with Crippen molar-refractivity contribution in [1.29, 1.82) is 0 Å². The van der Waals surface area contributed by atoms with E-state index in [0.29, 0.717) is 20.4 Å². The van der Waals surface area contributed by atoms with Crippen LogP contribution < -0.4 is 5.43 Å². The molecular formula is C9H4BrCl2NO. The number of fused-ring (bicyclic) bond motifs is 1. The first-order valence-electron chi connectivity index (χ1n) is 3.76. The van der Waals surface area contributed by atoms with Gasteiger partial charge in [-0.05, 0) is 22.0 Å². The number of pyridine rings is 1. The van der Waals surface area contributed by atoms with Crippen LogP contribution in [-0.2, 0) is 0 Å². The average molecular weight is 293 g/mol. The topological polar surface area (TPSA) is 32.9 Å². The minimum absolute atomic E-state index is 0.141. The second kappa shape index (κ2) is 3.57. The second-order valence-electron chi connectivity index (χ2n) is 2.75. The molecule has 0 aliphatic rings. The van der Waals surface area contributed by atoms with E-state index >= 15 is 0 Å². The molecule has 0 amide bonds. The molecule has 0 aliphatic heterocycles. The molecule has 0 saturated carbocycles. The van der Waals surface area contributed by atoms with Gasteiger partial charge in [0.25, 0.3) is 0 Å². The number of H-pyrrole nitrogens is 1. The van der Waals surface area contributed by atoms with Gasteiger partial charge in [-0.15, -0.1) is 0 Å². The third-order valence-corrected chi connectivity index (χ3v) is 3.60. The Balaban J connectivity index is 3.07. The fourth-order valence-electron chi connectivity index (χ4n) is 1.24. The Morgan fingerprint density at radius 3 is 2.71 bits per heavy atom. The predicted molar refractivity (Wildman–Crippen MR) is 62.3 cm³/mol. The van der Waals surface area contributed by atoms with Crippen molar-refractivity contribution in [2.75, 3.05) is 0 Å². The number of hydrogen-bond acceptors (Lipinski definition) is 1. The minimum Gasteiger partial charge on any atom is -0.361 e. The fourth-order valence-corrected chi connectivity index (χ4v) is 2.23. The van der Waals surface area contributed by atoms with Gasteiger partial charge >= 0.3 is 0 Å². The van der Waals surface area contributed by atoms with Gasteiger partial charge in [0.1, 0.15) is 0 Å². The van der Waals surface area contributed by atoms with Gasteiger partial charge < -0.3 is 4.98 Å². The van der Waals surface area contributed by atoms with Crippen molar-refractivity contribution >= 4 is 50.0 Å². The summed E-state index contributed by atoms with van der Waals surface area (Å²) in [6, 6.07) is 3.14. The molecule has 1 N–H and O–H groups in total. The van der Waals surface area contributed by atoms with Gasteiger partial charge in [0, 0.05) is 16.7 Å². The zero-order valence-corrected chi connectivity index (χ0v) is 9.87. The summed E-state index contributed by atoms with van der Waals surface area (Å²) < 4.78 is 0.665. The lowest BCUT2D eigenvalue weighted by atomic mass is 10.2. The summed E-state index contributed by atoms with van der Waals surface area (Å²) in [5, 5.41) is 1.05. The molecule has 0 unspecified atom stereocenters. The molecule has 1 heterocycles. The number of benzene rings is 1. The van der Waals surface area contributed by atoms with Crippen LogP contribution in [-0.4, -0.2) is 4.98 Å². The van der Waals surface area contributed by atoms with Crippen molar-refractivity contribution in [3.8, 4) is 0 Å². The fraction of sp³-hybridized carbons (Fsp3) is 0. The van der Waals surface area contributed by atoms with Crippen LogP contribution in [0, 0.1) is 0 Å². The monoisotopic (exact) mass is 291 g/mol. The van der Waals surface area contributed by atoms with Gasteiger partial charge in [-0.1, -0.05) is 23.2 Å². The molecule has 14 heavy (non-hydrogen) atoms. The van der Waals surface area contributed by atoms with Crippen LogP contribution in [0.4, 0.5) is 0 Å². The Bertz CT molecular complexity index is 564. The van der Waals surface area contributed by atoms with E-state index in [9.17, 15) is 4.79 Å². The van der Waals surface area contributed by atoms with E-state index in [-0.39, 0.29) is 10.5 Å². The van der Waals surface area contributed by atoms with Crippen LogP contribution in [0.1, 0.15) is 0 Å². The van der Waals surface area contributed by atoms with Crippen LogP contribution in [0.3, 0.4) is 0 Å². The highest BCUT2D eigenvalue weighted by molar-refractivity contribution is 9.10. The number of halogens is 3. The van der Waals surface area contributed by atoms with Gasteiger partial charge in [-0.2, -0.15) is 0 Å². The third-order valence-electron chi connectivity index (χ3n) is 1.88. The van der Waals surface area contributed by atoms with Crippen molar-refractivity contribution < 1.29 is 0 Å². The summed E-state index contributed by atoms with van der Waals surface area (Å²) in [7, 11) is 0. The summed E-state index contributed by atoms with van der Waals surface area (Å²) in [6.07, 6.45) is 1.57. The molecule has 1 aromatic heterocycles. The summed E-state index contributed by atoms with van der Waals surface area (Å²) in [5.74, 6) is 0. The van der Waals surface area contributed by atoms with Crippen molar-refractivity contribution in [2.24, 2.45) is 0 Å². The van der Waals surface area contributed by atoms with Crippen LogP contribution in [0.5, 0.6) is 0 Å². The van der Waals surface area contributed by atoms with E-state index in [1.807, 2.05) is 0 Å². The Morgan fingerprint density at radius 1 is 1.29 bits per heavy atom. The Kier molecular flexibility index (Phi) is 2.56. The third kappa shape index (κ3) is 1.45. The average Bonchev–Trinajstić information content (AvgIpc) is 2.14. The zero-order chi connectivity index (χ0) is 10.3. The molecular weight excluding hydrogens is 289 g/mol. The maximum atomic E-state index is 11.5. The van der Waals surface area contributed by atoms with E-state index in [4.69, 9.17) is 23.2 Å². The van der Waals surface area contributed by atoms with Gasteiger partial charge in [0.05, 0.1) is 20.9 Å². The first-order valence-corrected chi connectivity index (χ1v) is 5.31. The van der Waals surface area contributed by atoms with Crippen molar-refractivity contribution in [3.63, 3.8) is 0 Å². The predicted octanol–water partition coefficient (Wildman–Crippen LogP) is 3.60. The van der Waals surface area contributed by atoms with Crippen molar-refractivity contribution in [3.05, 3.63) is 43.1 Å². The number of rotatable bonds is 0. The van der Waals surface area contributed by atoms with E-state index in [0.717, 1.165) is 0 Å². The van der Waals surface area contributed by atoms with Crippen LogP contribution in [0.25, 0.3) is 10.9 Å². The molecule has 2 rings (SSSR count).